The molecule has 2 amide bonds. The van der Waals surface area contributed by atoms with Gasteiger partial charge in [-0.15, -0.1) is 0 Å². The highest BCUT2D eigenvalue weighted by atomic mass is 35.5. The molecule has 0 atom stereocenters. The molecule has 2 saturated carbocycles. The van der Waals surface area contributed by atoms with Crippen molar-refractivity contribution in [1.29, 1.82) is 0 Å². The number of halogens is 2. The standard InChI is InChI=1S/C40H44Cl2N8O6/c1-47-29-9-16-49(18-15-39-11-13-40(22-39,14-12-39)38(55)56)19-27(29)43-34(47)36(53)45-25-7-3-5-23(32(25)41)24-6-4-8-26(33(24)42)46-37(54)35-44-28-20-50(21-31(51)52)17-10-30(28)48(35)2/h3-8H,9-22H2,1-2H3,(H,45,53)(H,46,54)(H,51,52)(H,55,56). The van der Waals surface area contributed by atoms with Crippen LogP contribution >= 0.6 is 23.2 Å². The predicted molar refractivity (Wildman–Crippen MR) is 210 cm³/mol. The van der Waals surface area contributed by atoms with Crippen molar-refractivity contribution in [2.24, 2.45) is 24.9 Å². The highest BCUT2D eigenvalue weighted by molar-refractivity contribution is 6.40. The molecule has 294 valence electrons. The summed E-state index contributed by atoms with van der Waals surface area (Å²) in [6.07, 6.45) is 6.62. The van der Waals surface area contributed by atoms with Crippen molar-refractivity contribution in [1.82, 2.24) is 28.9 Å². The summed E-state index contributed by atoms with van der Waals surface area (Å²) < 4.78 is 3.58. The van der Waals surface area contributed by atoms with E-state index < -0.39 is 29.2 Å². The number of carboxylic acid groups (broad SMARTS) is 2. The minimum atomic E-state index is -0.916. The van der Waals surface area contributed by atoms with Crippen molar-refractivity contribution in [3.05, 3.63) is 80.9 Å². The van der Waals surface area contributed by atoms with Crippen LogP contribution in [-0.2, 0) is 49.6 Å². The van der Waals surface area contributed by atoms with Crippen LogP contribution in [0.2, 0.25) is 10.0 Å². The maximum atomic E-state index is 13.7. The molecule has 2 aromatic heterocycles. The number of carbonyl (C=O) groups is 4. The number of carbonyl (C=O) groups excluding carboxylic acids is 2. The number of carboxylic acids is 2. The second-order valence-corrected chi connectivity index (χ2v) is 16.7. The molecule has 4 aliphatic rings. The lowest BCUT2D eigenvalue weighted by Crippen LogP contribution is -2.35. The first-order valence-electron chi connectivity index (χ1n) is 19.0. The molecule has 2 fully saturated rings. The fourth-order valence-corrected chi connectivity index (χ4v) is 10.0. The maximum absolute atomic E-state index is 13.7. The maximum Gasteiger partial charge on any atom is 0.317 e. The quantitative estimate of drug-likeness (QED) is 0.144. The Kier molecular flexibility index (Phi) is 9.96. The number of rotatable bonds is 11. The largest absolute Gasteiger partial charge is 0.481 e. The van der Waals surface area contributed by atoms with Crippen LogP contribution in [0.4, 0.5) is 11.4 Å². The van der Waals surface area contributed by atoms with Crippen LogP contribution in [0, 0.1) is 10.8 Å². The van der Waals surface area contributed by atoms with Gasteiger partial charge in [0.05, 0.1) is 44.8 Å². The van der Waals surface area contributed by atoms with E-state index >= 15 is 0 Å². The van der Waals surface area contributed by atoms with E-state index in [1.807, 2.05) is 11.6 Å². The third-order valence-electron chi connectivity index (χ3n) is 12.6. The first-order valence-corrected chi connectivity index (χ1v) is 19.7. The van der Waals surface area contributed by atoms with Gasteiger partial charge in [0.25, 0.3) is 11.8 Å². The van der Waals surface area contributed by atoms with E-state index in [4.69, 9.17) is 28.2 Å². The lowest BCUT2D eigenvalue weighted by Gasteiger charge is -2.32. The Labute approximate surface area is 333 Å². The molecule has 4 heterocycles. The second kappa shape index (κ2) is 14.6. The van der Waals surface area contributed by atoms with Crippen molar-refractivity contribution in [3.8, 4) is 11.1 Å². The van der Waals surface area contributed by atoms with Crippen LogP contribution in [-0.4, -0.2) is 89.0 Å². The van der Waals surface area contributed by atoms with Gasteiger partial charge in [0.2, 0.25) is 0 Å². The number of benzene rings is 2. The molecule has 2 bridgehead atoms. The molecular formula is C40H44Cl2N8O6. The van der Waals surface area contributed by atoms with E-state index in [1.54, 1.807) is 52.9 Å². The molecule has 2 aliphatic heterocycles. The number of amides is 2. The Hall–Kier alpha value is -4.76. The average molecular weight is 804 g/mol. The van der Waals surface area contributed by atoms with Gasteiger partial charge in [-0.2, -0.15) is 0 Å². The lowest BCUT2D eigenvalue weighted by atomic mass is 9.80. The van der Waals surface area contributed by atoms with Gasteiger partial charge in [-0.05, 0) is 62.6 Å². The summed E-state index contributed by atoms with van der Waals surface area (Å²) in [5.41, 5.74) is 4.87. The molecule has 2 aliphatic carbocycles. The third-order valence-corrected chi connectivity index (χ3v) is 13.4. The van der Waals surface area contributed by atoms with Crippen molar-refractivity contribution < 1.29 is 29.4 Å². The summed E-state index contributed by atoms with van der Waals surface area (Å²) in [5.74, 6) is -1.95. The van der Waals surface area contributed by atoms with Gasteiger partial charge in [0.15, 0.2) is 11.6 Å². The summed E-state index contributed by atoms with van der Waals surface area (Å²) >= 11 is 13.8. The van der Waals surface area contributed by atoms with E-state index in [0.29, 0.717) is 54.3 Å². The molecule has 14 nitrogen and oxygen atoms in total. The highest BCUT2D eigenvalue weighted by Crippen LogP contribution is 2.63. The third kappa shape index (κ3) is 6.86. The summed E-state index contributed by atoms with van der Waals surface area (Å²) in [7, 11) is 3.62. The van der Waals surface area contributed by atoms with Crippen LogP contribution in [0.5, 0.6) is 0 Å². The first-order chi connectivity index (χ1) is 26.8. The van der Waals surface area contributed by atoms with Gasteiger partial charge >= 0.3 is 11.9 Å². The Morgan fingerprint density at radius 3 is 1.73 bits per heavy atom. The van der Waals surface area contributed by atoms with E-state index in [9.17, 15) is 29.4 Å². The first kappa shape index (κ1) is 38.1. The van der Waals surface area contributed by atoms with Crippen LogP contribution in [0.1, 0.15) is 82.5 Å². The van der Waals surface area contributed by atoms with Crippen molar-refractivity contribution in [2.75, 3.05) is 36.8 Å². The number of hydrogen-bond donors (Lipinski definition) is 4. The molecule has 8 rings (SSSR count). The van der Waals surface area contributed by atoms with E-state index in [1.165, 1.54) is 0 Å². The van der Waals surface area contributed by atoms with Gasteiger partial charge in [-0.1, -0.05) is 47.5 Å². The number of imidazole rings is 2. The number of aliphatic carboxylic acids is 2. The van der Waals surface area contributed by atoms with Crippen LogP contribution in [0.3, 0.4) is 0 Å². The summed E-state index contributed by atoms with van der Waals surface area (Å²) in [6.45, 7) is 3.15. The Morgan fingerprint density at radius 1 is 0.750 bits per heavy atom. The monoisotopic (exact) mass is 802 g/mol. The highest BCUT2D eigenvalue weighted by Gasteiger charge is 2.57. The molecule has 4 aromatic rings. The zero-order valence-electron chi connectivity index (χ0n) is 31.3. The Bertz CT molecular complexity index is 2280. The van der Waals surface area contributed by atoms with Crippen LogP contribution < -0.4 is 10.6 Å². The molecular weight excluding hydrogens is 759 g/mol. The van der Waals surface area contributed by atoms with Gasteiger partial charge in [-0.3, -0.25) is 29.0 Å². The zero-order chi connectivity index (χ0) is 39.5. The van der Waals surface area contributed by atoms with E-state index in [0.717, 1.165) is 75.1 Å². The minimum absolute atomic E-state index is 0.0984. The lowest BCUT2D eigenvalue weighted by molar-refractivity contribution is -0.148. The summed E-state index contributed by atoms with van der Waals surface area (Å²) in [4.78, 5) is 63.8. The number of nitrogens with one attached hydrogen (secondary N) is 2. The minimum Gasteiger partial charge on any atom is -0.481 e. The number of fused-ring (bicyclic) bond motifs is 4. The molecule has 0 radical (unpaired) electrons. The molecule has 16 heteroatoms. The zero-order valence-corrected chi connectivity index (χ0v) is 32.8. The van der Waals surface area contributed by atoms with Crippen LogP contribution in [0.15, 0.2) is 36.4 Å². The normalized spacial score (nSPS) is 21.8. The summed E-state index contributed by atoms with van der Waals surface area (Å²) in [5, 5.41) is 25.4. The molecule has 4 N–H and O–H groups in total. The van der Waals surface area contributed by atoms with E-state index in [-0.39, 0.29) is 33.7 Å². The Balaban J connectivity index is 0.940. The number of aromatic nitrogens is 4. The number of nitrogens with zero attached hydrogens (tertiary/aromatic N) is 6. The molecule has 0 saturated heterocycles. The molecule has 0 spiro atoms. The molecule has 0 unspecified atom stereocenters. The van der Waals surface area contributed by atoms with Crippen molar-refractivity contribution in [2.45, 2.75) is 64.5 Å². The molecule has 2 aromatic carbocycles. The van der Waals surface area contributed by atoms with Gasteiger partial charge in [0.1, 0.15) is 0 Å². The van der Waals surface area contributed by atoms with Gasteiger partial charge in [-0.25, -0.2) is 9.97 Å². The second-order valence-electron chi connectivity index (χ2n) is 15.9. The van der Waals surface area contributed by atoms with Crippen molar-refractivity contribution >= 4 is 58.3 Å². The van der Waals surface area contributed by atoms with Crippen LogP contribution in [0.25, 0.3) is 11.1 Å². The SMILES string of the molecule is Cn1c(C(=O)Nc2cccc(-c3cccc(NC(=O)c4nc5c(n4C)CCN(CC(=O)O)C5)c3Cl)c2Cl)nc2c1CCN(CCC13CCC(C(=O)O)(CC1)C3)C2. The Morgan fingerprint density at radius 2 is 1.25 bits per heavy atom. The van der Waals surface area contributed by atoms with Gasteiger partial charge < -0.3 is 30.0 Å². The van der Waals surface area contributed by atoms with Crippen molar-refractivity contribution in [3.63, 3.8) is 0 Å². The molecule has 56 heavy (non-hydrogen) atoms. The summed E-state index contributed by atoms with van der Waals surface area (Å²) in [6, 6.07) is 10.5. The fourth-order valence-electron chi connectivity index (χ4n) is 9.47. The number of anilines is 2. The van der Waals surface area contributed by atoms with E-state index in [2.05, 4.69) is 20.5 Å². The predicted octanol–water partition coefficient (Wildman–Crippen LogP) is 5.86. The topological polar surface area (TPSA) is 175 Å². The smallest absolute Gasteiger partial charge is 0.317 e. The number of hydrogen-bond acceptors (Lipinski definition) is 8. The average Bonchev–Trinajstić information content (AvgIpc) is 3.92. The van der Waals surface area contributed by atoms with Gasteiger partial charge in [0, 0.05) is 75.6 Å². The fraction of sp³-hybridized carbons (Fsp3) is 0.450.